The molecule has 0 saturated heterocycles. The van der Waals surface area contributed by atoms with Gasteiger partial charge in [-0.1, -0.05) is 17.2 Å². The molecule has 0 aromatic carbocycles. The minimum absolute atomic E-state index is 0.104. The molecule has 0 atom stereocenters. The van der Waals surface area contributed by atoms with Crippen LogP contribution in [0, 0.1) is 0 Å². The van der Waals surface area contributed by atoms with Gasteiger partial charge < -0.3 is 0 Å². The van der Waals surface area contributed by atoms with Crippen LogP contribution in [-0.4, -0.2) is 31.0 Å². The Balaban J connectivity index is 2.66. The highest BCUT2D eigenvalue weighted by molar-refractivity contribution is 5.30. The Morgan fingerprint density at radius 2 is 2.13 bits per heavy atom. The lowest BCUT2D eigenvalue weighted by Gasteiger charge is -2.28. The van der Waals surface area contributed by atoms with Gasteiger partial charge in [0.15, 0.2) is 0 Å². The molecule has 1 aliphatic rings. The maximum Gasteiger partial charge on any atom is 0.251 e. The predicted molar refractivity (Wildman–Crippen MR) is 59.2 cm³/mol. The van der Waals surface area contributed by atoms with Gasteiger partial charge in [0, 0.05) is 13.1 Å². The van der Waals surface area contributed by atoms with Crippen LogP contribution in [0.4, 0.5) is 8.78 Å². The molecule has 1 heterocycles. The van der Waals surface area contributed by atoms with Crippen LogP contribution < -0.4 is 0 Å². The second-order valence-electron chi connectivity index (χ2n) is 4.40. The van der Waals surface area contributed by atoms with Crippen molar-refractivity contribution < 1.29 is 8.78 Å². The van der Waals surface area contributed by atoms with E-state index in [1.54, 1.807) is 0 Å². The van der Waals surface area contributed by atoms with Gasteiger partial charge in [-0.15, -0.1) is 0 Å². The summed E-state index contributed by atoms with van der Waals surface area (Å²) >= 11 is 0. The highest BCUT2D eigenvalue weighted by atomic mass is 19.3. The molecule has 0 spiro atoms. The van der Waals surface area contributed by atoms with E-state index in [1.807, 2.05) is 18.7 Å². The fourth-order valence-corrected chi connectivity index (χ4v) is 1.81. The maximum absolute atomic E-state index is 12.2. The van der Waals surface area contributed by atoms with Crippen molar-refractivity contribution in [1.82, 2.24) is 4.90 Å². The standard InChI is InChI=1S/C12H19F2N/c1-9(2)6-11-7-15(8-12(13)14)5-4-10(11)3/h6,12H,4-5,7-8H2,1-3H3. The van der Waals surface area contributed by atoms with Crippen LogP contribution in [0.2, 0.25) is 0 Å². The Morgan fingerprint density at radius 1 is 1.47 bits per heavy atom. The molecule has 15 heavy (non-hydrogen) atoms. The van der Waals surface area contributed by atoms with Crippen LogP contribution in [-0.2, 0) is 0 Å². The Morgan fingerprint density at radius 3 is 2.67 bits per heavy atom. The first-order valence-corrected chi connectivity index (χ1v) is 5.33. The lowest BCUT2D eigenvalue weighted by Crippen LogP contribution is -2.34. The van der Waals surface area contributed by atoms with E-state index < -0.39 is 6.43 Å². The van der Waals surface area contributed by atoms with Crippen molar-refractivity contribution in [3.63, 3.8) is 0 Å². The zero-order valence-corrected chi connectivity index (χ0v) is 9.69. The molecule has 0 fully saturated rings. The first-order valence-electron chi connectivity index (χ1n) is 5.33. The van der Waals surface area contributed by atoms with Crippen molar-refractivity contribution in [2.45, 2.75) is 33.6 Å². The quantitative estimate of drug-likeness (QED) is 0.698. The van der Waals surface area contributed by atoms with Crippen molar-refractivity contribution >= 4 is 0 Å². The molecule has 0 N–H and O–H groups in total. The second-order valence-corrected chi connectivity index (χ2v) is 4.40. The summed E-state index contributed by atoms with van der Waals surface area (Å²) < 4.78 is 24.5. The highest BCUT2D eigenvalue weighted by Gasteiger charge is 2.18. The van der Waals surface area contributed by atoms with Gasteiger partial charge in [0.2, 0.25) is 0 Å². The van der Waals surface area contributed by atoms with E-state index >= 15 is 0 Å². The van der Waals surface area contributed by atoms with Crippen LogP contribution in [0.5, 0.6) is 0 Å². The van der Waals surface area contributed by atoms with E-state index in [-0.39, 0.29) is 6.54 Å². The molecule has 0 saturated carbocycles. The molecule has 0 aliphatic carbocycles. The van der Waals surface area contributed by atoms with E-state index in [9.17, 15) is 8.78 Å². The number of alkyl halides is 2. The summed E-state index contributed by atoms with van der Waals surface area (Å²) in [4.78, 5) is 1.83. The zero-order valence-electron chi connectivity index (χ0n) is 9.69. The Kier molecular flexibility index (Phi) is 4.45. The van der Waals surface area contributed by atoms with Crippen LogP contribution in [0.3, 0.4) is 0 Å². The molecule has 3 heteroatoms. The van der Waals surface area contributed by atoms with E-state index in [0.717, 1.165) is 13.0 Å². The zero-order chi connectivity index (χ0) is 11.4. The molecule has 0 unspecified atom stereocenters. The minimum atomic E-state index is -2.23. The van der Waals surface area contributed by atoms with Crippen LogP contribution in [0.25, 0.3) is 0 Å². The molecular formula is C12H19F2N. The average Bonchev–Trinajstić information content (AvgIpc) is 2.09. The fourth-order valence-electron chi connectivity index (χ4n) is 1.81. The predicted octanol–water partition coefficient (Wildman–Crippen LogP) is 3.24. The van der Waals surface area contributed by atoms with Crippen molar-refractivity contribution in [2.75, 3.05) is 19.6 Å². The third-order valence-electron chi connectivity index (χ3n) is 2.60. The smallest absolute Gasteiger partial charge is 0.251 e. The average molecular weight is 215 g/mol. The highest BCUT2D eigenvalue weighted by Crippen LogP contribution is 2.20. The monoisotopic (exact) mass is 215 g/mol. The summed E-state index contributed by atoms with van der Waals surface area (Å²) in [5.41, 5.74) is 3.77. The summed E-state index contributed by atoms with van der Waals surface area (Å²) in [5, 5.41) is 0. The molecule has 0 bridgehead atoms. The summed E-state index contributed by atoms with van der Waals surface area (Å²) in [6.45, 7) is 7.48. The minimum Gasteiger partial charge on any atom is -0.293 e. The summed E-state index contributed by atoms with van der Waals surface area (Å²) in [6.07, 6.45) is 0.787. The molecular weight excluding hydrogens is 196 g/mol. The third kappa shape index (κ3) is 4.12. The Hall–Kier alpha value is -0.700. The van der Waals surface area contributed by atoms with Gasteiger partial charge in [0.05, 0.1) is 6.54 Å². The number of nitrogens with zero attached hydrogens (tertiary/aromatic N) is 1. The molecule has 0 aromatic heterocycles. The number of hydrogen-bond donors (Lipinski definition) is 0. The number of halogens is 2. The number of rotatable bonds is 3. The summed E-state index contributed by atoms with van der Waals surface area (Å²) in [6, 6.07) is 0. The van der Waals surface area contributed by atoms with Crippen LogP contribution in [0.15, 0.2) is 22.8 Å². The second kappa shape index (κ2) is 5.40. The molecule has 1 nitrogen and oxygen atoms in total. The summed E-state index contributed by atoms with van der Waals surface area (Å²) in [5.74, 6) is 0. The van der Waals surface area contributed by atoms with E-state index in [2.05, 4.69) is 13.0 Å². The molecule has 0 radical (unpaired) electrons. The number of hydrogen-bond acceptors (Lipinski definition) is 1. The number of allylic oxidation sites excluding steroid dienone is 1. The van der Waals surface area contributed by atoms with Gasteiger partial charge >= 0.3 is 0 Å². The van der Waals surface area contributed by atoms with Crippen molar-refractivity contribution in [3.05, 3.63) is 22.8 Å². The topological polar surface area (TPSA) is 3.24 Å². The maximum atomic E-state index is 12.2. The lowest BCUT2D eigenvalue weighted by atomic mass is 10.00. The van der Waals surface area contributed by atoms with Gasteiger partial charge in [-0.25, -0.2) is 8.78 Å². The van der Waals surface area contributed by atoms with Gasteiger partial charge in [-0.3, -0.25) is 4.90 Å². The van der Waals surface area contributed by atoms with Gasteiger partial charge in [0.25, 0.3) is 6.43 Å². The summed E-state index contributed by atoms with van der Waals surface area (Å²) in [7, 11) is 0. The molecule has 86 valence electrons. The lowest BCUT2D eigenvalue weighted by molar-refractivity contribution is 0.0911. The van der Waals surface area contributed by atoms with Gasteiger partial charge in [-0.2, -0.15) is 0 Å². The van der Waals surface area contributed by atoms with Crippen LogP contribution in [0.1, 0.15) is 27.2 Å². The van der Waals surface area contributed by atoms with E-state index in [1.165, 1.54) is 16.7 Å². The van der Waals surface area contributed by atoms with Crippen molar-refractivity contribution in [3.8, 4) is 0 Å². The van der Waals surface area contributed by atoms with Crippen molar-refractivity contribution in [2.24, 2.45) is 0 Å². The van der Waals surface area contributed by atoms with Crippen LogP contribution >= 0.6 is 0 Å². The normalized spacial score (nSPS) is 18.5. The molecule has 1 aliphatic heterocycles. The Bertz CT molecular complexity index is 275. The van der Waals surface area contributed by atoms with E-state index in [4.69, 9.17) is 0 Å². The van der Waals surface area contributed by atoms with E-state index in [0.29, 0.717) is 6.54 Å². The molecule has 1 rings (SSSR count). The van der Waals surface area contributed by atoms with Gasteiger partial charge in [0.1, 0.15) is 0 Å². The first kappa shape index (κ1) is 12.4. The SMILES string of the molecule is CC(C)=CC1=C(C)CCN(CC(F)F)C1. The molecule has 0 amide bonds. The third-order valence-corrected chi connectivity index (χ3v) is 2.60. The largest absolute Gasteiger partial charge is 0.293 e. The first-order chi connectivity index (χ1) is 6.99. The van der Waals surface area contributed by atoms with Crippen molar-refractivity contribution in [1.29, 1.82) is 0 Å². The molecule has 0 aromatic rings. The Labute approximate surface area is 90.5 Å². The fraction of sp³-hybridized carbons (Fsp3) is 0.667. The van der Waals surface area contributed by atoms with Gasteiger partial charge in [-0.05, 0) is 32.8 Å².